The second-order valence-electron chi connectivity index (χ2n) is 3.08. The van der Waals surface area contributed by atoms with Crippen molar-refractivity contribution in [1.29, 1.82) is 0 Å². The van der Waals surface area contributed by atoms with Crippen molar-refractivity contribution in [3.05, 3.63) is 35.9 Å². The molecule has 3 amide bonds. The molecule has 1 aliphatic rings. The summed E-state index contributed by atoms with van der Waals surface area (Å²) in [5.41, 5.74) is 4.90. The quantitative estimate of drug-likeness (QED) is 0.530. The van der Waals surface area contributed by atoms with Crippen LogP contribution in [-0.2, 0) is 10.5 Å². The molecular weight excluding hydrogens is 182 g/mol. The topological polar surface area (TPSA) is 84.2 Å². The molecule has 0 radical (unpaired) electrons. The lowest BCUT2D eigenvalue weighted by Crippen LogP contribution is -2.52. The monoisotopic (exact) mass is 191 g/mol. The van der Waals surface area contributed by atoms with Crippen LogP contribution in [0.2, 0.25) is 0 Å². The fraction of sp³-hybridized carbons (Fsp3) is 0.111. The number of urea groups is 1. The predicted molar refractivity (Wildman–Crippen MR) is 49.0 cm³/mol. The van der Waals surface area contributed by atoms with Crippen molar-refractivity contribution >= 4 is 11.9 Å². The van der Waals surface area contributed by atoms with Gasteiger partial charge in [0.05, 0.1) is 0 Å². The highest BCUT2D eigenvalue weighted by Gasteiger charge is 2.44. The Balaban J connectivity index is 2.43. The van der Waals surface area contributed by atoms with E-state index in [0.717, 1.165) is 0 Å². The Morgan fingerprint density at radius 2 is 1.79 bits per heavy atom. The SMILES string of the molecule is NC1(c2ccccc2)NC(=O)NC1=O. The Kier molecular flexibility index (Phi) is 1.75. The summed E-state index contributed by atoms with van der Waals surface area (Å²) >= 11 is 0. The van der Waals surface area contributed by atoms with Gasteiger partial charge in [0.25, 0.3) is 5.91 Å². The molecule has 72 valence electrons. The first kappa shape index (κ1) is 8.71. The molecule has 1 saturated heterocycles. The second kappa shape index (κ2) is 2.81. The summed E-state index contributed by atoms with van der Waals surface area (Å²) in [5, 5.41) is 4.47. The van der Waals surface area contributed by atoms with E-state index in [0.29, 0.717) is 5.56 Å². The van der Waals surface area contributed by atoms with Gasteiger partial charge in [-0.05, 0) is 0 Å². The summed E-state index contributed by atoms with van der Waals surface area (Å²) in [6, 6.07) is 8.11. The van der Waals surface area contributed by atoms with E-state index in [1.165, 1.54) is 0 Å². The van der Waals surface area contributed by atoms with Gasteiger partial charge >= 0.3 is 6.03 Å². The van der Waals surface area contributed by atoms with Gasteiger partial charge in [0.15, 0.2) is 5.66 Å². The lowest BCUT2D eigenvalue weighted by molar-refractivity contribution is -0.124. The summed E-state index contributed by atoms with van der Waals surface area (Å²) in [6.07, 6.45) is 0. The predicted octanol–water partition coefficient (Wildman–Crippen LogP) is -0.362. The van der Waals surface area contributed by atoms with E-state index in [1.807, 2.05) is 6.07 Å². The minimum Gasteiger partial charge on any atom is -0.308 e. The maximum atomic E-state index is 11.4. The van der Waals surface area contributed by atoms with Crippen LogP contribution in [0, 0.1) is 0 Å². The van der Waals surface area contributed by atoms with Gasteiger partial charge in [-0.3, -0.25) is 15.8 Å². The van der Waals surface area contributed by atoms with Gasteiger partial charge in [-0.15, -0.1) is 0 Å². The van der Waals surface area contributed by atoms with Crippen LogP contribution in [-0.4, -0.2) is 11.9 Å². The highest BCUT2D eigenvalue weighted by atomic mass is 16.2. The molecule has 0 bridgehead atoms. The van der Waals surface area contributed by atoms with Crippen LogP contribution in [0.1, 0.15) is 5.56 Å². The lowest BCUT2D eigenvalue weighted by Gasteiger charge is -2.20. The van der Waals surface area contributed by atoms with Crippen molar-refractivity contribution in [3.63, 3.8) is 0 Å². The molecule has 2 rings (SSSR count). The average molecular weight is 191 g/mol. The fourth-order valence-electron chi connectivity index (χ4n) is 1.37. The summed E-state index contributed by atoms with van der Waals surface area (Å²) in [5.74, 6) is -0.534. The largest absolute Gasteiger partial charge is 0.323 e. The Labute approximate surface area is 80.3 Å². The van der Waals surface area contributed by atoms with Gasteiger partial charge in [0, 0.05) is 5.56 Å². The molecule has 1 aromatic carbocycles. The van der Waals surface area contributed by atoms with Crippen molar-refractivity contribution in [1.82, 2.24) is 10.6 Å². The maximum absolute atomic E-state index is 11.4. The molecule has 1 aromatic rings. The smallest absolute Gasteiger partial charge is 0.308 e. The third-order valence-corrected chi connectivity index (χ3v) is 2.13. The molecule has 4 N–H and O–H groups in total. The first-order valence-electron chi connectivity index (χ1n) is 4.11. The van der Waals surface area contributed by atoms with Gasteiger partial charge in [-0.1, -0.05) is 30.3 Å². The Bertz CT molecular complexity index is 390. The third-order valence-electron chi connectivity index (χ3n) is 2.13. The molecular formula is C9H9N3O2. The van der Waals surface area contributed by atoms with Crippen LogP contribution in [0.5, 0.6) is 0 Å². The molecule has 0 spiro atoms. The lowest BCUT2D eigenvalue weighted by atomic mass is 10.0. The van der Waals surface area contributed by atoms with Gasteiger partial charge in [0.2, 0.25) is 0 Å². The zero-order chi connectivity index (χ0) is 10.2. The normalized spacial score (nSPS) is 25.8. The molecule has 1 unspecified atom stereocenters. The molecule has 0 aliphatic carbocycles. The van der Waals surface area contributed by atoms with Crippen molar-refractivity contribution in [3.8, 4) is 0 Å². The van der Waals surface area contributed by atoms with Gasteiger partial charge in [0.1, 0.15) is 0 Å². The maximum Gasteiger partial charge on any atom is 0.323 e. The Morgan fingerprint density at radius 1 is 1.14 bits per heavy atom. The summed E-state index contributed by atoms with van der Waals surface area (Å²) in [4.78, 5) is 22.3. The van der Waals surface area contributed by atoms with E-state index < -0.39 is 17.6 Å². The first-order valence-corrected chi connectivity index (χ1v) is 4.11. The van der Waals surface area contributed by atoms with Gasteiger partial charge < -0.3 is 5.32 Å². The number of carbonyl (C=O) groups excluding carboxylic acids is 2. The first-order chi connectivity index (χ1) is 6.63. The van der Waals surface area contributed by atoms with Crippen LogP contribution >= 0.6 is 0 Å². The highest BCUT2D eigenvalue weighted by molar-refractivity contribution is 6.06. The molecule has 0 saturated carbocycles. The molecule has 1 fully saturated rings. The van der Waals surface area contributed by atoms with E-state index >= 15 is 0 Å². The number of amides is 3. The van der Waals surface area contributed by atoms with Crippen LogP contribution in [0.3, 0.4) is 0 Å². The van der Waals surface area contributed by atoms with Gasteiger partial charge in [-0.2, -0.15) is 0 Å². The molecule has 0 aromatic heterocycles. The average Bonchev–Trinajstić information content (AvgIpc) is 2.43. The summed E-state index contributed by atoms with van der Waals surface area (Å²) in [7, 11) is 0. The van der Waals surface area contributed by atoms with Crippen LogP contribution in [0.25, 0.3) is 0 Å². The summed E-state index contributed by atoms with van der Waals surface area (Å²) in [6.45, 7) is 0. The second-order valence-corrected chi connectivity index (χ2v) is 3.08. The summed E-state index contributed by atoms with van der Waals surface area (Å²) < 4.78 is 0. The molecule has 1 atom stereocenters. The highest BCUT2D eigenvalue weighted by Crippen LogP contribution is 2.18. The number of hydrogen-bond acceptors (Lipinski definition) is 3. The molecule has 1 heterocycles. The van der Waals surface area contributed by atoms with Crippen molar-refractivity contribution in [2.45, 2.75) is 5.66 Å². The number of imide groups is 1. The minimum absolute atomic E-state index is 0.534. The molecule has 5 heteroatoms. The van der Waals surface area contributed by atoms with E-state index in [-0.39, 0.29) is 0 Å². The van der Waals surface area contributed by atoms with E-state index in [9.17, 15) is 9.59 Å². The van der Waals surface area contributed by atoms with Crippen LogP contribution in [0.15, 0.2) is 30.3 Å². The van der Waals surface area contributed by atoms with Crippen LogP contribution < -0.4 is 16.4 Å². The van der Waals surface area contributed by atoms with E-state index in [4.69, 9.17) is 5.73 Å². The van der Waals surface area contributed by atoms with Crippen molar-refractivity contribution in [2.24, 2.45) is 5.73 Å². The standard InChI is InChI=1S/C9H9N3O2/c10-9(6-4-2-1-3-5-6)7(13)11-8(14)12-9/h1-5H,10H2,(H2,11,12,13,14). The number of nitrogens with two attached hydrogens (primary N) is 1. The molecule has 14 heavy (non-hydrogen) atoms. The van der Waals surface area contributed by atoms with E-state index in [1.54, 1.807) is 24.3 Å². The zero-order valence-corrected chi connectivity index (χ0v) is 7.28. The number of carbonyl (C=O) groups is 2. The van der Waals surface area contributed by atoms with Crippen LogP contribution in [0.4, 0.5) is 4.79 Å². The van der Waals surface area contributed by atoms with E-state index in [2.05, 4.69) is 10.6 Å². The van der Waals surface area contributed by atoms with Crippen molar-refractivity contribution in [2.75, 3.05) is 0 Å². The number of hydrogen-bond donors (Lipinski definition) is 3. The molecule has 5 nitrogen and oxygen atoms in total. The zero-order valence-electron chi connectivity index (χ0n) is 7.28. The third kappa shape index (κ3) is 1.14. The number of nitrogens with one attached hydrogen (secondary N) is 2. The minimum atomic E-state index is -1.43. The fourth-order valence-corrected chi connectivity index (χ4v) is 1.37. The van der Waals surface area contributed by atoms with Gasteiger partial charge in [-0.25, -0.2) is 4.79 Å². The number of benzene rings is 1. The van der Waals surface area contributed by atoms with Crippen molar-refractivity contribution < 1.29 is 9.59 Å². The molecule has 1 aliphatic heterocycles. The Hall–Kier alpha value is -1.88. The Morgan fingerprint density at radius 3 is 2.29 bits per heavy atom. The number of rotatable bonds is 1.